The van der Waals surface area contributed by atoms with Crippen LogP contribution in [0.2, 0.25) is 5.15 Å². The number of carbonyl (C=O) groups is 1. The largest absolute Gasteiger partial charge is 0.438 e. The van der Waals surface area contributed by atoms with Gasteiger partial charge in [0.2, 0.25) is 0 Å². The first-order chi connectivity index (χ1) is 15.7. The van der Waals surface area contributed by atoms with Gasteiger partial charge in [-0.25, -0.2) is 4.79 Å². The maximum atomic E-state index is 13.2. The lowest BCUT2D eigenvalue weighted by Gasteiger charge is -2.45. The van der Waals surface area contributed by atoms with Crippen molar-refractivity contribution in [1.82, 2.24) is 15.1 Å². The fourth-order valence-electron chi connectivity index (χ4n) is 4.47. The van der Waals surface area contributed by atoms with Crippen LogP contribution in [0.25, 0.3) is 11.3 Å². The maximum absolute atomic E-state index is 13.2. The quantitative estimate of drug-likeness (QED) is 0.501. The van der Waals surface area contributed by atoms with Gasteiger partial charge < -0.3 is 14.7 Å². The number of aromatic nitrogens is 2. The predicted molar refractivity (Wildman–Crippen MR) is 128 cm³/mol. The molecule has 1 saturated heterocycles. The Morgan fingerprint density at radius 3 is 2.36 bits per heavy atom. The van der Waals surface area contributed by atoms with Gasteiger partial charge in [-0.05, 0) is 44.0 Å². The molecule has 0 radical (unpaired) electrons. The number of hydrogen-bond donors (Lipinski definition) is 1. The first-order valence-electron chi connectivity index (χ1n) is 11.0. The third-order valence-electron chi connectivity index (χ3n) is 6.08. The zero-order valence-corrected chi connectivity index (χ0v) is 19.8. The highest BCUT2D eigenvalue weighted by atomic mass is 35.5. The van der Waals surface area contributed by atoms with Crippen molar-refractivity contribution in [1.29, 1.82) is 0 Å². The molecular weight excluding hydrogens is 438 g/mol. The predicted octanol–water partition coefficient (Wildman–Crippen LogP) is 5.76. The number of cyclic esters (lactones) is 1. The number of carbonyl (C=O) groups excluding carboxylic acids is 1. The molecule has 1 N–H and O–H groups in total. The molecule has 7 heteroatoms. The fourth-order valence-corrected chi connectivity index (χ4v) is 4.57. The second kappa shape index (κ2) is 9.12. The van der Waals surface area contributed by atoms with Crippen LogP contribution in [-0.4, -0.2) is 38.4 Å². The summed E-state index contributed by atoms with van der Waals surface area (Å²) in [6, 6.07) is 20.9. The average Bonchev–Trinajstić information content (AvgIpc) is 2.79. The topological polar surface area (TPSA) is 75.6 Å². The van der Waals surface area contributed by atoms with Gasteiger partial charge in [0.15, 0.2) is 5.15 Å². The third kappa shape index (κ3) is 5.18. The van der Waals surface area contributed by atoms with Crippen molar-refractivity contribution in [3.8, 4) is 11.3 Å². The number of aliphatic hydroxyl groups is 1. The van der Waals surface area contributed by atoms with E-state index in [1.54, 1.807) is 24.8 Å². The van der Waals surface area contributed by atoms with Crippen LogP contribution in [0.1, 0.15) is 50.8 Å². The van der Waals surface area contributed by atoms with Gasteiger partial charge in [0.25, 0.3) is 0 Å². The van der Waals surface area contributed by atoms with E-state index in [9.17, 15) is 9.90 Å². The van der Waals surface area contributed by atoms with Crippen molar-refractivity contribution in [3.63, 3.8) is 0 Å². The molecule has 0 saturated carbocycles. The summed E-state index contributed by atoms with van der Waals surface area (Å²) in [6.07, 6.45) is 0.541. The van der Waals surface area contributed by atoms with Gasteiger partial charge in [-0.2, -0.15) is 0 Å². The number of nitrogens with zero attached hydrogens (tertiary/aromatic N) is 3. The van der Waals surface area contributed by atoms with Gasteiger partial charge >= 0.3 is 6.09 Å². The molecule has 1 aliphatic heterocycles. The van der Waals surface area contributed by atoms with Gasteiger partial charge in [-0.1, -0.05) is 66.2 Å². The van der Waals surface area contributed by atoms with Crippen LogP contribution in [0.5, 0.6) is 0 Å². The first kappa shape index (κ1) is 23.2. The fraction of sp³-hybridized carbons (Fsp3) is 0.346. The third-order valence-corrected chi connectivity index (χ3v) is 6.28. The van der Waals surface area contributed by atoms with Gasteiger partial charge in [0, 0.05) is 24.9 Å². The number of ether oxygens (including phenoxy) is 1. The minimum atomic E-state index is -0.982. The Morgan fingerprint density at radius 1 is 1.09 bits per heavy atom. The lowest BCUT2D eigenvalue weighted by atomic mass is 9.80. The van der Waals surface area contributed by atoms with Crippen molar-refractivity contribution in [2.75, 3.05) is 6.54 Å². The van der Waals surface area contributed by atoms with Crippen molar-refractivity contribution < 1.29 is 14.6 Å². The van der Waals surface area contributed by atoms with Crippen molar-refractivity contribution in [2.45, 2.75) is 50.9 Å². The zero-order valence-electron chi connectivity index (χ0n) is 19.0. The molecule has 0 spiro atoms. The Balaban J connectivity index is 1.53. The highest BCUT2D eigenvalue weighted by Gasteiger charge is 2.46. The summed E-state index contributed by atoms with van der Waals surface area (Å²) in [5.74, 6) is 0. The molecular formula is C26H28ClN3O3. The van der Waals surface area contributed by atoms with Crippen LogP contribution in [0.15, 0.2) is 66.7 Å². The van der Waals surface area contributed by atoms with Crippen LogP contribution in [0.3, 0.4) is 0 Å². The molecule has 3 aromatic rings. The minimum Gasteiger partial charge on any atom is -0.438 e. The summed E-state index contributed by atoms with van der Waals surface area (Å²) in [5, 5.41) is 18.9. The van der Waals surface area contributed by atoms with Crippen molar-refractivity contribution in [2.24, 2.45) is 0 Å². The maximum Gasteiger partial charge on any atom is 0.411 e. The van der Waals surface area contributed by atoms with Gasteiger partial charge in [0.05, 0.1) is 17.3 Å². The monoisotopic (exact) mass is 465 g/mol. The van der Waals surface area contributed by atoms with Gasteiger partial charge in [-0.15, -0.1) is 10.2 Å². The van der Waals surface area contributed by atoms with E-state index in [0.29, 0.717) is 24.5 Å². The molecule has 172 valence electrons. The Morgan fingerprint density at radius 2 is 1.79 bits per heavy atom. The highest BCUT2D eigenvalue weighted by molar-refractivity contribution is 6.29. The van der Waals surface area contributed by atoms with E-state index in [2.05, 4.69) is 10.2 Å². The molecule has 6 nitrogen and oxygen atoms in total. The molecule has 4 rings (SSSR count). The summed E-state index contributed by atoms with van der Waals surface area (Å²) in [6.45, 7) is 6.00. The van der Waals surface area contributed by atoms with Crippen LogP contribution < -0.4 is 0 Å². The molecule has 1 fully saturated rings. The standard InChI is InChI=1S/C26H28ClN3O3/c1-18(19-9-11-20(12-10-19)22-13-14-23(27)29-28-22)30-16-15-26(33-24(30)31,17-25(2,3)32)21-7-5-4-6-8-21/h4-14,18,32H,15-17H2,1-3H3/t18-,26?/m0/s1. The molecule has 33 heavy (non-hydrogen) atoms. The lowest BCUT2D eigenvalue weighted by Crippen LogP contribution is -2.51. The van der Waals surface area contributed by atoms with E-state index in [4.69, 9.17) is 16.3 Å². The average molecular weight is 466 g/mol. The van der Waals surface area contributed by atoms with Gasteiger partial charge in [0.1, 0.15) is 5.60 Å². The summed E-state index contributed by atoms with van der Waals surface area (Å²) < 4.78 is 6.09. The molecule has 0 bridgehead atoms. The van der Waals surface area contributed by atoms with E-state index in [1.807, 2.05) is 67.6 Å². The number of rotatable bonds is 6. The van der Waals surface area contributed by atoms with E-state index < -0.39 is 11.2 Å². The van der Waals surface area contributed by atoms with Crippen LogP contribution in [0.4, 0.5) is 4.79 Å². The van der Waals surface area contributed by atoms with E-state index in [0.717, 1.165) is 22.4 Å². The van der Waals surface area contributed by atoms with Gasteiger partial charge in [-0.3, -0.25) is 0 Å². The van der Waals surface area contributed by atoms with Crippen LogP contribution in [0, 0.1) is 0 Å². The molecule has 2 aromatic carbocycles. The summed E-state index contributed by atoms with van der Waals surface area (Å²) in [7, 11) is 0. The van der Waals surface area contributed by atoms with Crippen LogP contribution in [-0.2, 0) is 10.3 Å². The number of benzene rings is 2. The summed E-state index contributed by atoms with van der Waals surface area (Å²) in [4.78, 5) is 14.9. The second-order valence-electron chi connectivity index (χ2n) is 9.20. The summed E-state index contributed by atoms with van der Waals surface area (Å²) in [5.41, 5.74) is 1.71. The van der Waals surface area contributed by atoms with Crippen LogP contribution >= 0.6 is 11.6 Å². The molecule has 1 unspecified atom stereocenters. The Bertz CT molecular complexity index is 1100. The molecule has 0 aliphatic carbocycles. The highest BCUT2D eigenvalue weighted by Crippen LogP contribution is 2.42. The van der Waals surface area contributed by atoms with E-state index in [-0.39, 0.29) is 12.1 Å². The normalized spacial score (nSPS) is 19.8. The molecule has 2 atom stereocenters. The van der Waals surface area contributed by atoms with E-state index in [1.165, 1.54) is 0 Å². The SMILES string of the molecule is C[C@@H](c1ccc(-c2ccc(Cl)nn2)cc1)N1CCC(CC(C)(C)O)(c2ccccc2)OC1=O. The minimum absolute atomic E-state index is 0.168. The zero-order chi connectivity index (χ0) is 23.6. The Hall–Kier alpha value is -2.96. The number of amides is 1. The number of halogens is 1. The lowest BCUT2D eigenvalue weighted by molar-refractivity contribution is -0.101. The smallest absolute Gasteiger partial charge is 0.411 e. The first-order valence-corrected chi connectivity index (χ1v) is 11.4. The van der Waals surface area contributed by atoms with E-state index >= 15 is 0 Å². The molecule has 1 aliphatic rings. The van der Waals surface area contributed by atoms with Crippen molar-refractivity contribution in [3.05, 3.63) is 83.0 Å². The Kier molecular flexibility index (Phi) is 6.41. The van der Waals surface area contributed by atoms with Crippen molar-refractivity contribution >= 4 is 17.7 Å². The second-order valence-corrected chi connectivity index (χ2v) is 9.59. The molecule has 1 amide bonds. The number of hydrogen-bond acceptors (Lipinski definition) is 5. The summed E-state index contributed by atoms with van der Waals surface area (Å²) >= 11 is 5.82. The molecule has 1 aromatic heterocycles. The Labute approximate surface area is 199 Å². The molecule has 2 heterocycles.